The summed E-state index contributed by atoms with van der Waals surface area (Å²) in [7, 11) is 1.61. The third-order valence-corrected chi connectivity index (χ3v) is 2.35. The van der Waals surface area contributed by atoms with Gasteiger partial charge in [-0.25, -0.2) is 0 Å². The van der Waals surface area contributed by atoms with Gasteiger partial charge in [-0.2, -0.15) is 9.78 Å². The van der Waals surface area contributed by atoms with Crippen LogP contribution in [0.4, 0.5) is 5.95 Å². The van der Waals surface area contributed by atoms with Crippen LogP contribution in [0.5, 0.6) is 5.75 Å². The summed E-state index contributed by atoms with van der Waals surface area (Å²) in [6.07, 6.45) is 1.62. The van der Waals surface area contributed by atoms with Crippen LogP contribution in [0.3, 0.4) is 0 Å². The van der Waals surface area contributed by atoms with Gasteiger partial charge < -0.3 is 4.74 Å². The average molecular weight is 257 g/mol. The number of methoxy groups -OCH3 is 1. The van der Waals surface area contributed by atoms with Gasteiger partial charge >= 0.3 is 0 Å². The van der Waals surface area contributed by atoms with Crippen molar-refractivity contribution in [2.75, 3.05) is 7.11 Å². The summed E-state index contributed by atoms with van der Waals surface area (Å²) < 4.78 is 6.43. The summed E-state index contributed by atoms with van der Waals surface area (Å²) in [5.41, 5.74) is 9.28. The van der Waals surface area contributed by atoms with Crippen molar-refractivity contribution in [3.8, 4) is 5.75 Å². The Morgan fingerprint density at radius 1 is 1.32 bits per heavy atom. The maximum Gasteiger partial charge on any atom is 0.241 e. The minimum Gasteiger partial charge on any atom is -0.497 e. The molecule has 0 aliphatic carbocycles. The number of azide groups is 1. The van der Waals surface area contributed by atoms with Gasteiger partial charge in [0.05, 0.1) is 13.3 Å². The Hall–Kier alpha value is -2.86. The minimum atomic E-state index is 0.102. The standard InChI is InChI=1S/C11H11N7O/c1-8-14-15-11(16-17-12)18(8)13-7-9-3-5-10(19-2)6-4-9/h3-7H,1-2H3/b13-7-. The highest BCUT2D eigenvalue weighted by Gasteiger charge is 2.04. The van der Waals surface area contributed by atoms with Gasteiger partial charge in [0.1, 0.15) is 5.75 Å². The molecule has 2 rings (SSSR count). The lowest BCUT2D eigenvalue weighted by Gasteiger charge is -1.99. The molecule has 96 valence electrons. The highest BCUT2D eigenvalue weighted by Crippen LogP contribution is 2.12. The molecule has 0 fully saturated rings. The van der Waals surface area contributed by atoms with Crippen LogP contribution in [0.15, 0.2) is 34.5 Å². The van der Waals surface area contributed by atoms with E-state index >= 15 is 0 Å². The number of aryl methyl sites for hydroxylation is 1. The van der Waals surface area contributed by atoms with Crippen molar-refractivity contribution in [1.82, 2.24) is 14.9 Å². The predicted octanol–water partition coefficient (Wildman–Crippen LogP) is 2.42. The van der Waals surface area contributed by atoms with E-state index in [1.807, 2.05) is 24.3 Å². The zero-order chi connectivity index (χ0) is 13.7. The maximum absolute atomic E-state index is 8.41. The van der Waals surface area contributed by atoms with E-state index in [1.165, 1.54) is 4.68 Å². The van der Waals surface area contributed by atoms with Gasteiger partial charge in [-0.3, -0.25) is 0 Å². The summed E-state index contributed by atoms with van der Waals surface area (Å²) in [6.45, 7) is 1.72. The van der Waals surface area contributed by atoms with Crippen LogP contribution >= 0.6 is 0 Å². The zero-order valence-corrected chi connectivity index (χ0v) is 10.4. The van der Waals surface area contributed by atoms with E-state index in [-0.39, 0.29) is 5.95 Å². The van der Waals surface area contributed by atoms with Crippen molar-refractivity contribution < 1.29 is 4.74 Å². The third kappa shape index (κ3) is 2.88. The second kappa shape index (κ2) is 5.65. The Morgan fingerprint density at radius 2 is 2.05 bits per heavy atom. The molecule has 0 unspecified atom stereocenters. The lowest BCUT2D eigenvalue weighted by Crippen LogP contribution is -1.93. The Balaban J connectivity index is 2.26. The highest BCUT2D eigenvalue weighted by atomic mass is 16.5. The summed E-state index contributed by atoms with van der Waals surface area (Å²) in [6, 6.07) is 7.37. The van der Waals surface area contributed by atoms with Gasteiger partial charge in [-0.05, 0) is 47.4 Å². The molecule has 2 aromatic rings. The normalized spacial score (nSPS) is 10.4. The molecule has 1 aromatic carbocycles. The van der Waals surface area contributed by atoms with Crippen LogP contribution in [0.25, 0.3) is 10.4 Å². The van der Waals surface area contributed by atoms with E-state index in [0.717, 1.165) is 11.3 Å². The number of rotatable bonds is 4. The first-order chi connectivity index (χ1) is 9.24. The molecule has 0 saturated carbocycles. The molecular weight excluding hydrogens is 246 g/mol. The number of benzene rings is 1. The topological polar surface area (TPSA) is 101 Å². The van der Waals surface area contributed by atoms with Crippen LogP contribution in [-0.2, 0) is 0 Å². The Labute approximate surface area is 109 Å². The summed E-state index contributed by atoms with van der Waals surface area (Å²) >= 11 is 0. The van der Waals surface area contributed by atoms with Crippen molar-refractivity contribution >= 4 is 12.2 Å². The van der Waals surface area contributed by atoms with Gasteiger partial charge in [0.15, 0.2) is 5.82 Å². The maximum atomic E-state index is 8.41. The molecule has 0 aliphatic heterocycles. The largest absolute Gasteiger partial charge is 0.497 e. The number of hydrogen-bond donors (Lipinski definition) is 0. The quantitative estimate of drug-likeness (QED) is 0.363. The molecule has 0 aliphatic rings. The van der Waals surface area contributed by atoms with Gasteiger partial charge in [-0.15, -0.1) is 10.2 Å². The SMILES string of the molecule is COc1ccc(/C=N\n2c(C)nnc2N=[N+]=[N-])cc1. The van der Waals surface area contributed by atoms with Crippen molar-refractivity contribution in [2.45, 2.75) is 6.92 Å². The highest BCUT2D eigenvalue weighted by molar-refractivity contribution is 5.79. The monoisotopic (exact) mass is 257 g/mol. The smallest absolute Gasteiger partial charge is 0.241 e. The number of ether oxygens (including phenoxy) is 1. The van der Waals surface area contributed by atoms with Crippen LogP contribution < -0.4 is 4.74 Å². The van der Waals surface area contributed by atoms with Crippen LogP contribution in [0.2, 0.25) is 0 Å². The van der Waals surface area contributed by atoms with Gasteiger partial charge in [0, 0.05) is 4.91 Å². The average Bonchev–Trinajstić information content (AvgIpc) is 2.78. The summed E-state index contributed by atoms with van der Waals surface area (Å²) in [5, 5.41) is 15.1. The van der Waals surface area contributed by atoms with Crippen LogP contribution in [0.1, 0.15) is 11.4 Å². The van der Waals surface area contributed by atoms with Crippen molar-refractivity contribution in [3.63, 3.8) is 0 Å². The van der Waals surface area contributed by atoms with Crippen LogP contribution in [-0.4, -0.2) is 28.2 Å². The van der Waals surface area contributed by atoms with Crippen molar-refractivity contribution in [1.29, 1.82) is 0 Å². The fourth-order valence-electron chi connectivity index (χ4n) is 1.40. The first-order valence-electron chi connectivity index (χ1n) is 5.40. The molecule has 8 heteroatoms. The zero-order valence-electron chi connectivity index (χ0n) is 10.4. The molecule has 0 amide bonds. The second-order valence-corrected chi connectivity index (χ2v) is 3.57. The molecule has 0 bridgehead atoms. The Kier molecular flexibility index (Phi) is 3.75. The van der Waals surface area contributed by atoms with E-state index in [0.29, 0.717) is 5.82 Å². The molecule has 0 spiro atoms. The number of aromatic nitrogens is 3. The molecule has 0 N–H and O–H groups in total. The molecule has 1 heterocycles. The first kappa shape index (κ1) is 12.6. The fraction of sp³-hybridized carbons (Fsp3) is 0.182. The predicted molar refractivity (Wildman–Crippen MR) is 69.6 cm³/mol. The van der Waals surface area contributed by atoms with E-state index in [1.54, 1.807) is 20.2 Å². The third-order valence-electron chi connectivity index (χ3n) is 2.35. The first-order valence-corrected chi connectivity index (χ1v) is 5.40. The van der Waals surface area contributed by atoms with E-state index in [2.05, 4.69) is 25.3 Å². The second-order valence-electron chi connectivity index (χ2n) is 3.57. The van der Waals surface area contributed by atoms with E-state index in [4.69, 9.17) is 10.3 Å². The molecule has 0 saturated heterocycles. The number of nitrogens with zero attached hydrogens (tertiary/aromatic N) is 7. The number of hydrogen-bond acceptors (Lipinski definition) is 5. The molecule has 0 radical (unpaired) electrons. The van der Waals surface area contributed by atoms with Gasteiger partial charge in [0.25, 0.3) is 0 Å². The summed E-state index contributed by atoms with van der Waals surface area (Å²) in [4.78, 5) is 2.67. The van der Waals surface area contributed by atoms with Gasteiger partial charge in [-0.1, -0.05) is 0 Å². The molecule has 1 aromatic heterocycles. The molecule has 0 atom stereocenters. The Bertz CT molecular complexity index is 638. The van der Waals surface area contributed by atoms with Crippen LogP contribution in [0, 0.1) is 6.92 Å². The minimum absolute atomic E-state index is 0.102. The van der Waals surface area contributed by atoms with Crippen molar-refractivity contribution in [3.05, 3.63) is 46.1 Å². The molecule has 8 nitrogen and oxygen atoms in total. The lowest BCUT2D eigenvalue weighted by atomic mass is 10.2. The summed E-state index contributed by atoms with van der Waals surface area (Å²) in [5.74, 6) is 1.41. The van der Waals surface area contributed by atoms with E-state index < -0.39 is 0 Å². The fourth-order valence-corrected chi connectivity index (χ4v) is 1.40. The molecule has 19 heavy (non-hydrogen) atoms. The lowest BCUT2D eigenvalue weighted by molar-refractivity contribution is 0.415. The Morgan fingerprint density at radius 3 is 2.68 bits per heavy atom. The van der Waals surface area contributed by atoms with Gasteiger partial charge in [0.2, 0.25) is 5.95 Å². The van der Waals surface area contributed by atoms with E-state index in [9.17, 15) is 0 Å². The van der Waals surface area contributed by atoms with Crippen molar-refractivity contribution in [2.24, 2.45) is 10.2 Å². The molecular formula is C11H11N7O.